The molecule has 0 unspecified atom stereocenters. The molecular weight excluding hydrogens is 249 g/mol. The number of carboxylic acids is 1. The van der Waals surface area contributed by atoms with Gasteiger partial charge in [-0.2, -0.15) is 0 Å². The Morgan fingerprint density at radius 2 is 2.00 bits per heavy atom. The number of aliphatic carboxylic acids is 1. The van der Waals surface area contributed by atoms with Gasteiger partial charge in [0.25, 0.3) is 5.91 Å². The van der Waals surface area contributed by atoms with Gasteiger partial charge in [0.2, 0.25) is 0 Å². The van der Waals surface area contributed by atoms with E-state index in [1.54, 1.807) is 19.1 Å². The molecule has 4 nitrogen and oxygen atoms in total. The third kappa shape index (κ3) is 4.05. The van der Waals surface area contributed by atoms with Crippen LogP contribution >= 0.6 is 0 Å². The third-order valence-electron chi connectivity index (χ3n) is 2.75. The Balaban J connectivity index is 2.88. The fraction of sp³-hybridized carbons (Fsp3) is 0.429. The number of carbonyl (C=O) groups excluding carboxylic acids is 1. The van der Waals surface area contributed by atoms with Gasteiger partial charge in [0.05, 0.1) is 5.56 Å². The van der Waals surface area contributed by atoms with Crippen molar-refractivity contribution in [1.29, 1.82) is 0 Å². The first-order valence-electron chi connectivity index (χ1n) is 6.11. The summed E-state index contributed by atoms with van der Waals surface area (Å²) in [6, 6.07) is 3.44. The van der Waals surface area contributed by atoms with Gasteiger partial charge in [0, 0.05) is 0 Å². The average Bonchev–Trinajstić information content (AvgIpc) is 2.31. The van der Waals surface area contributed by atoms with Crippen molar-refractivity contribution in [3.63, 3.8) is 0 Å². The average molecular weight is 267 g/mol. The predicted octanol–water partition coefficient (Wildman–Crippen LogP) is 2.36. The molecule has 0 heterocycles. The van der Waals surface area contributed by atoms with E-state index in [-0.39, 0.29) is 11.5 Å². The first-order valence-corrected chi connectivity index (χ1v) is 6.11. The number of benzene rings is 1. The summed E-state index contributed by atoms with van der Waals surface area (Å²) in [4.78, 5) is 22.9. The van der Waals surface area contributed by atoms with Crippen LogP contribution in [0.15, 0.2) is 18.2 Å². The second-order valence-corrected chi connectivity index (χ2v) is 4.93. The van der Waals surface area contributed by atoms with Crippen molar-refractivity contribution in [2.75, 3.05) is 0 Å². The molecule has 1 aromatic rings. The van der Waals surface area contributed by atoms with E-state index in [1.165, 1.54) is 6.07 Å². The van der Waals surface area contributed by atoms with Gasteiger partial charge in [-0.3, -0.25) is 4.79 Å². The van der Waals surface area contributed by atoms with Gasteiger partial charge in [-0.25, -0.2) is 9.18 Å². The van der Waals surface area contributed by atoms with Gasteiger partial charge in [0.15, 0.2) is 0 Å². The zero-order valence-electron chi connectivity index (χ0n) is 11.2. The van der Waals surface area contributed by atoms with Gasteiger partial charge < -0.3 is 10.4 Å². The number of hydrogen-bond donors (Lipinski definition) is 2. The van der Waals surface area contributed by atoms with Crippen molar-refractivity contribution in [3.8, 4) is 0 Å². The molecule has 0 bridgehead atoms. The second-order valence-electron chi connectivity index (χ2n) is 4.93. The van der Waals surface area contributed by atoms with Crippen LogP contribution in [0.1, 0.15) is 36.2 Å². The molecular formula is C14H18FNO3. The molecule has 0 spiro atoms. The smallest absolute Gasteiger partial charge is 0.326 e. The van der Waals surface area contributed by atoms with Crippen LogP contribution in [0.2, 0.25) is 0 Å². The Labute approximate surface area is 111 Å². The highest BCUT2D eigenvalue weighted by Gasteiger charge is 2.23. The van der Waals surface area contributed by atoms with E-state index in [1.807, 2.05) is 13.8 Å². The minimum absolute atomic E-state index is 0.115. The molecule has 1 amide bonds. The molecule has 0 aliphatic carbocycles. The first-order chi connectivity index (χ1) is 8.82. The molecule has 5 heteroatoms. The molecule has 2 N–H and O–H groups in total. The minimum Gasteiger partial charge on any atom is -0.480 e. The summed E-state index contributed by atoms with van der Waals surface area (Å²) in [5.41, 5.74) is 0.221. The molecule has 0 radical (unpaired) electrons. The fourth-order valence-electron chi connectivity index (χ4n) is 1.75. The van der Waals surface area contributed by atoms with E-state index < -0.39 is 23.7 Å². The SMILES string of the molecule is Cc1cccc(C(=O)N[C@@H](CC(C)C)C(=O)O)c1F. The topological polar surface area (TPSA) is 66.4 Å². The van der Waals surface area contributed by atoms with Crippen LogP contribution in [0.5, 0.6) is 0 Å². The number of aryl methyl sites for hydroxylation is 1. The van der Waals surface area contributed by atoms with E-state index in [2.05, 4.69) is 5.32 Å². The lowest BCUT2D eigenvalue weighted by Crippen LogP contribution is -2.42. The standard InChI is InChI=1S/C14H18FNO3/c1-8(2)7-11(14(18)19)16-13(17)10-6-4-5-9(3)12(10)15/h4-6,8,11H,7H2,1-3H3,(H,16,17)(H,18,19)/t11-/m0/s1. The lowest BCUT2D eigenvalue weighted by Gasteiger charge is -2.16. The summed E-state index contributed by atoms with van der Waals surface area (Å²) in [6.07, 6.45) is 0.300. The Bertz CT molecular complexity index is 486. The maximum Gasteiger partial charge on any atom is 0.326 e. The molecule has 1 atom stereocenters. The first kappa shape index (κ1) is 15.1. The van der Waals surface area contributed by atoms with Crippen LogP contribution in [0.3, 0.4) is 0 Å². The third-order valence-corrected chi connectivity index (χ3v) is 2.75. The molecule has 0 aliphatic heterocycles. The molecule has 0 saturated carbocycles. The molecule has 0 fully saturated rings. The molecule has 19 heavy (non-hydrogen) atoms. The van der Waals surface area contributed by atoms with Crippen molar-refractivity contribution >= 4 is 11.9 Å². The monoisotopic (exact) mass is 267 g/mol. The highest BCUT2D eigenvalue weighted by molar-refractivity contribution is 5.97. The molecule has 104 valence electrons. The molecule has 1 aromatic carbocycles. The van der Waals surface area contributed by atoms with Crippen LogP contribution in [0, 0.1) is 18.7 Å². The number of nitrogens with one attached hydrogen (secondary N) is 1. The van der Waals surface area contributed by atoms with Crippen molar-refractivity contribution in [3.05, 3.63) is 35.1 Å². The summed E-state index contributed by atoms with van der Waals surface area (Å²) in [6.45, 7) is 5.26. The maximum absolute atomic E-state index is 13.8. The highest BCUT2D eigenvalue weighted by atomic mass is 19.1. The number of hydrogen-bond acceptors (Lipinski definition) is 2. The van der Waals surface area contributed by atoms with E-state index in [0.717, 1.165) is 0 Å². The van der Waals surface area contributed by atoms with Crippen molar-refractivity contribution in [1.82, 2.24) is 5.32 Å². The second kappa shape index (κ2) is 6.31. The quantitative estimate of drug-likeness (QED) is 0.860. The summed E-state index contributed by atoms with van der Waals surface area (Å²) >= 11 is 0. The summed E-state index contributed by atoms with van der Waals surface area (Å²) in [7, 11) is 0. The molecule has 0 aliphatic rings. The summed E-state index contributed by atoms with van der Waals surface area (Å²) in [5, 5.41) is 11.4. The summed E-state index contributed by atoms with van der Waals surface area (Å²) < 4.78 is 13.8. The number of halogens is 1. The van der Waals surface area contributed by atoms with Crippen LogP contribution in [0.25, 0.3) is 0 Å². The van der Waals surface area contributed by atoms with E-state index in [0.29, 0.717) is 12.0 Å². The van der Waals surface area contributed by atoms with Crippen LogP contribution in [-0.4, -0.2) is 23.0 Å². The van der Waals surface area contributed by atoms with Gasteiger partial charge in [-0.1, -0.05) is 26.0 Å². The Morgan fingerprint density at radius 1 is 1.37 bits per heavy atom. The molecule has 0 saturated heterocycles. The molecule has 0 aromatic heterocycles. The van der Waals surface area contributed by atoms with Gasteiger partial charge in [0.1, 0.15) is 11.9 Å². The number of carboxylic acid groups (broad SMARTS) is 1. The van der Waals surface area contributed by atoms with Gasteiger partial charge in [-0.05, 0) is 30.9 Å². The Morgan fingerprint density at radius 3 is 2.53 bits per heavy atom. The number of rotatable bonds is 5. The van der Waals surface area contributed by atoms with Crippen molar-refractivity contribution < 1.29 is 19.1 Å². The molecule has 1 rings (SSSR count). The zero-order valence-corrected chi connectivity index (χ0v) is 11.2. The lowest BCUT2D eigenvalue weighted by molar-refractivity contribution is -0.139. The van der Waals surface area contributed by atoms with Gasteiger partial charge in [-0.15, -0.1) is 0 Å². The van der Waals surface area contributed by atoms with Gasteiger partial charge >= 0.3 is 5.97 Å². The fourth-order valence-corrected chi connectivity index (χ4v) is 1.75. The van der Waals surface area contributed by atoms with E-state index in [4.69, 9.17) is 5.11 Å². The van der Waals surface area contributed by atoms with E-state index >= 15 is 0 Å². The largest absolute Gasteiger partial charge is 0.480 e. The summed E-state index contributed by atoms with van der Waals surface area (Å²) in [5.74, 6) is -2.32. The van der Waals surface area contributed by atoms with Crippen LogP contribution in [-0.2, 0) is 4.79 Å². The number of carbonyl (C=O) groups is 2. The maximum atomic E-state index is 13.8. The van der Waals surface area contributed by atoms with Crippen LogP contribution in [0.4, 0.5) is 4.39 Å². The normalized spacial score (nSPS) is 12.3. The van der Waals surface area contributed by atoms with Crippen molar-refractivity contribution in [2.24, 2.45) is 5.92 Å². The van der Waals surface area contributed by atoms with E-state index in [9.17, 15) is 14.0 Å². The lowest BCUT2D eigenvalue weighted by atomic mass is 10.0. The predicted molar refractivity (Wildman–Crippen MR) is 69.5 cm³/mol. The van der Waals surface area contributed by atoms with Crippen molar-refractivity contribution in [2.45, 2.75) is 33.2 Å². The zero-order chi connectivity index (χ0) is 14.6. The number of amides is 1. The van der Waals surface area contributed by atoms with Crippen LogP contribution < -0.4 is 5.32 Å². The Kier molecular flexibility index (Phi) is 5.03. The Hall–Kier alpha value is -1.91. The minimum atomic E-state index is -1.12. The highest BCUT2D eigenvalue weighted by Crippen LogP contribution is 2.13.